The van der Waals surface area contributed by atoms with Crippen molar-refractivity contribution in [2.24, 2.45) is 0 Å². The highest BCUT2D eigenvalue weighted by Gasteiger charge is 2.42. The van der Waals surface area contributed by atoms with E-state index in [0.29, 0.717) is 0 Å². The topological polar surface area (TPSA) is 101 Å². The van der Waals surface area contributed by atoms with Crippen molar-refractivity contribution in [1.29, 1.82) is 0 Å². The number of carbonyl (C=O) groups excluding carboxylic acids is 2. The van der Waals surface area contributed by atoms with E-state index in [9.17, 15) is 14.4 Å². The number of hydrogen-bond acceptors (Lipinski definition) is 5. The molecule has 10 heteroatoms. The van der Waals surface area contributed by atoms with Gasteiger partial charge in [0.25, 0.3) is 9.89 Å². The molecule has 0 saturated heterocycles. The zero-order valence-electron chi connectivity index (χ0n) is 9.71. The number of aromatic nitrogens is 2. The average molecular weight is 329 g/mol. The first-order valence-corrected chi connectivity index (χ1v) is 5.87. The van der Waals surface area contributed by atoms with E-state index in [2.05, 4.69) is 20.0 Å². The molecule has 0 unspecified atom stereocenters. The second-order valence-corrected chi connectivity index (χ2v) is 5.03. The fourth-order valence-corrected chi connectivity index (χ4v) is 1.87. The third-order valence-electron chi connectivity index (χ3n) is 1.90. The molecule has 2 N–H and O–H groups in total. The molecule has 0 aromatic carbocycles. The molecule has 104 valence electrons. The van der Waals surface area contributed by atoms with Crippen LogP contribution in [0.1, 0.15) is 12.6 Å². The standard InChI is InChI=1S/C9H8Cl3N3O4/c1-3(16)13-8-14-5(4(10)6(17)15-8)9(11,12)7(18)19-2/h1-2H3,(H2,13,14,15,16,17). The molecule has 19 heavy (non-hydrogen) atoms. The smallest absolute Gasteiger partial charge is 0.348 e. The van der Waals surface area contributed by atoms with E-state index in [1.165, 1.54) is 6.92 Å². The number of carbonyl (C=O) groups is 2. The molecule has 0 fully saturated rings. The molecular weight excluding hydrogens is 320 g/mol. The summed E-state index contributed by atoms with van der Waals surface area (Å²) in [5, 5.41) is 1.73. The van der Waals surface area contributed by atoms with Crippen molar-refractivity contribution in [2.75, 3.05) is 12.4 Å². The van der Waals surface area contributed by atoms with Gasteiger partial charge in [-0.2, -0.15) is 0 Å². The van der Waals surface area contributed by atoms with Crippen LogP contribution in [0.15, 0.2) is 4.79 Å². The van der Waals surface area contributed by atoms with Gasteiger partial charge in [-0.3, -0.25) is 19.9 Å². The first kappa shape index (κ1) is 15.7. The predicted molar refractivity (Wildman–Crippen MR) is 69.6 cm³/mol. The summed E-state index contributed by atoms with van der Waals surface area (Å²) in [7, 11) is 1.05. The minimum absolute atomic E-state index is 0.244. The van der Waals surface area contributed by atoms with E-state index in [1.54, 1.807) is 0 Å². The summed E-state index contributed by atoms with van der Waals surface area (Å²) in [5.41, 5.74) is -1.25. The maximum Gasteiger partial charge on any atom is 0.348 e. The van der Waals surface area contributed by atoms with Gasteiger partial charge in [0, 0.05) is 6.92 Å². The molecule has 1 heterocycles. The summed E-state index contributed by atoms with van der Waals surface area (Å²) in [6.07, 6.45) is 0. The Morgan fingerprint density at radius 3 is 2.47 bits per heavy atom. The summed E-state index contributed by atoms with van der Waals surface area (Å²) in [6.45, 7) is 1.20. The largest absolute Gasteiger partial charge is 0.466 e. The number of alkyl halides is 2. The van der Waals surface area contributed by atoms with Crippen LogP contribution in [-0.4, -0.2) is 29.0 Å². The Kier molecular flexibility index (Phi) is 4.78. The summed E-state index contributed by atoms with van der Waals surface area (Å²) in [5.74, 6) is -1.81. The van der Waals surface area contributed by atoms with E-state index in [4.69, 9.17) is 34.8 Å². The van der Waals surface area contributed by atoms with Crippen LogP contribution in [0.3, 0.4) is 0 Å². The number of amides is 1. The van der Waals surface area contributed by atoms with Crippen LogP contribution in [-0.2, 0) is 18.7 Å². The lowest BCUT2D eigenvalue weighted by molar-refractivity contribution is -0.141. The maximum absolute atomic E-state index is 11.6. The number of hydrogen-bond donors (Lipinski definition) is 2. The van der Waals surface area contributed by atoms with Gasteiger partial charge in [0.2, 0.25) is 11.9 Å². The summed E-state index contributed by atoms with van der Waals surface area (Å²) in [4.78, 5) is 39.8. The summed E-state index contributed by atoms with van der Waals surface area (Å²) in [6, 6.07) is 0. The van der Waals surface area contributed by atoms with Crippen LogP contribution in [0.4, 0.5) is 5.95 Å². The number of H-pyrrole nitrogens is 1. The van der Waals surface area contributed by atoms with Gasteiger partial charge in [-0.05, 0) is 0 Å². The predicted octanol–water partition coefficient (Wildman–Crippen LogP) is 1.19. The van der Waals surface area contributed by atoms with Gasteiger partial charge in [0.05, 0.1) is 7.11 Å². The number of methoxy groups -OCH3 is 1. The highest BCUT2D eigenvalue weighted by Crippen LogP contribution is 2.36. The number of halogens is 3. The second-order valence-electron chi connectivity index (χ2n) is 3.32. The molecule has 1 aromatic rings. The third-order valence-corrected chi connectivity index (χ3v) is 2.91. The Hall–Kier alpha value is -1.31. The van der Waals surface area contributed by atoms with Crippen molar-refractivity contribution < 1.29 is 14.3 Å². The van der Waals surface area contributed by atoms with Crippen LogP contribution in [0.25, 0.3) is 0 Å². The first-order valence-electron chi connectivity index (χ1n) is 4.74. The first-order chi connectivity index (χ1) is 8.70. The van der Waals surface area contributed by atoms with Crippen molar-refractivity contribution in [3.63, 3.8) is 0 Å². The Morgan fingerprint density at radius 2 is 2.00 bits per heavy atom. The number of aromatic amines is 1. The van der Waals surface area contributed by atoms with Gasteiger partial charge in [0.15, 0.2) is 0 Å². The molecule has 1 aromatic heterocycles. The Labute approximate surface area is 122 Å². The number of rotatable bonds is 3. The average Bonchev–Trinajstić information content (AvgIpc) is 2.31. The maximum atomic E-state index is 11.6. The van der Waals surface area contributed by atoms with Gasteiger partial charge < -0.3 is 4.74 Å². The third kappa shape index (κ3) is 3.37. The number of anilines is 1. The van der Waals surface area contributed by atoms with Crippen molar-refractivity contribution in [3.8, 4) is 0 Å². The highest BCUT2D eigenvalue weighted by molar-refractivity contribution is 6.57. The van der Waals surface area contributed by atoms with Crippen LogP contribution >= 0.6 is 34.8 Å². The fourth-order valence-electron chi connectivity index (χ4n) is 1.12. The SMILES string of the molecule is COC(=O)C(Cl)(Cl)c1nc(NC(C)=O)[nH]c(=O)c1Cl. The van der Waals surface area contributed by atoms with Crippen LogP contribution in [0, 0.1) is 0 Å². The molecule has 0 bridgehead atoms. The van der Waals surface area contributed by atoms with Crippen LogP contribution in [0.2, 0.25) is 5.02 Å². The number of nitrogens with zero attached hydrogens (tertiary/aromatic N) is 1. The van der Waals surface area contributed by atoms with E-state index < -0.39 is 32.5 Å². The lowest BCUT2D eigenvalue weighted by atomic mass is 10.3. The van der Waals surface area contributed by atoms with Crippen molar-refractivity contribution >= 4 is 52.6 Å². The molecule has 0 aliphatic rings. The zero-order valence-corrected chi connectivity index (χ0v) is 12.0. The van der Waals surface area contributed by atoms with Gasteiger partial charge >= 0.3 is 5.97 Å². The molecule has 0 atom stereocenters. The molecule has 0 radical (unpaired) electrons. The van der Waals surface area contributed by atoms with Crippen molar-refractivity contribution in [3.05, 3.63) is 21.1 Å². The monoisotopic (exact) mass is 327 g/mol. The van der Waals surface area contributed by atoms with Crippen molar-refractivity contribution in [1.82, 2.24) is 9.97 Å². The quantitative estimate of drug-likeness (QED) is 0.641. The van der Waals surface area contributed by atoms with Crippen LogP contribution in [0.5, 0.6) is 0 Å². The Morgan fingerprint density at radius 1 is 1.42 bits per heavy atom. The van der Waals surface area contributed by atoms with E-state index in [0.717, 1.165) is 7.11 Å². The fraction of sp³-hybridized carbons (Fsp3) is 0.333. The second kappa shape index (κ2) is 5.77. The van der Waals surface area contributed by atoms with Gasteiger partial charge in [-0.15, -0.1) is 0 Å². The molecule has 0 saturated carbocycles. The Balaban J connectivity index is 3.42. The van der Waals surface area contributed by atoms with Crippen LogP contribution < -0.4 is 10.9 Å². The molecule has 0 aliphatic carbocycles. The van der Waals surface area contributed by atoms with Gasteiger partial charge in [-0.25, -0.2) is 9.78 Å². The lowest BCUT2D eigenvalue weighted by Crippen LogP contribution is -2.30. The van der Waals surface area contributed by atoms with Gasteiger partial charge in [0.1, 0.15) is 10.7 Å². The molecule has 0 spiro atoms. The van der Waals surface area contributed by atoms with Crippen molar-refractivity contribution in [2.45, 2.75) is 11.3 Å². The van der Waals surface area contributed by atoms with E-state index in [1.807, 2.05) is 0 Å². The molecular formula is C9H8Cl3N3O4. The van der Waals surface area contributed by atoms with E-state index in [-0.39, 0.29) is 5.95 Å². The van der Waals surface area contributed by atoms with Gasteiger partial charge in [-0.1, -0.05) is 34.8 Å². The summed E-state index contributed by atoms with van der Waals surface area (Å²) < 4.78 is 2.11. The number of esters is 1. The molecule has 0 aliphatic heterocycles. The number of nitrogens with one attached hydrogen (secondary N) is 2. The normalized spacial score (nSPS) is 11.0. The lowest BCUT2D eigenvalue weighted by Gasteiger charge is -2.17. The summed E-state index contributed by atoms with van der Waals surface area (Å²) >= 11 is 17.2. The molecule has 7 nitrogen and oxygen atoms in total. The minimum Gasteiger partial charge on any atom is -0.466 e. The zero-order chi connectivity index (χ0) is 14.8. The molecule has 1 amide bonds. The molecule has 1 rings (SSSR count). The number of ether oxygens (including phenoxy) is 1. The Bertz CT molecular complexity index is 585. The highest BCUT2D eigenvalue weighted by atomic mass is 35.5. The van der Waals surface area contributed by atoms with E-state index >= 15 is 0 Å². The minimum atomic E-state index is -2.27.